The monoisotopic (exact) mass is 467 g/mol. The largest absolute Gasteiger partial charge is 0.457 e. The molecule has 0 bridgehead atoms. The van der Waals surface area contributed by atoms with Gasteiger partial charge in [0, 0.05) is 23.3 Å². The Balaban J connectivity index is 1.73. The predicted molar refractivity (Wildman–Crippen MR) is 116 cm³/mol. The van der Waals surface area contributed by atoms with E-state index in [4.69, 9.17) is 4.42 Å². The van der Waals surface area contributed by atoms with Crippen LogP contribution in [0.3, 0.4) is 0 Å². The Labute approximate surface area is 188 Å². The summed E-state index contributed by atoms with van der Waals surface area (Å²) in [4.78, 5) is 37.3. The van der Waals surface area contributed by atoms with Crippen molar-refractivity contribution < 1.29 is 27.3 Å². The molecule has 1 unspecified atom stereocenters. The van der Waals surface area contributed by atoms with Gasteiger partial charge < -0.3 is 4.42 Å². The summed E-state index contributed by atoms with van der Waals surface area (Å²) in [6.45, 7) is 1.47. The van der Waals surface area contributed by atoms with Crippen molar-refractivity contribution in [1.82, 2.24) is 4.90 Å². The summed E-state index contributed by atoms with van der Waals surface area (Å²) in [6, 6.07) is 9.95. The number of benzene rings is 1. The van der Waals surface area contributed by atoms with Crippen LogP contribution in [0, 0.1) is 21.4 Å². The summed E-state index contributed by atoms with van der Waals surface area (Å²) < 4.78 is 29.5. The molecule has 1 saturated heterocycles. The van der Waals surface area contributed by atoms with E-state index in [1.54, 1.807) is 18.2 Å². The zero-order valence-corrected chi connectivity index (χ0v) is 18.2. The topological polar surface area (TPSA) is 152 Å². The predicted octanol–water partition coefficient (Wildman–Crippen LogP) is 2.63. The van der Waals surface area contributed by atoms with E-state index in [2.05, 4.69) is 0 Å². The second-order valence-corrected chi connectivity index (χ2v) is 9.95. The van der Waals surface area contributed by atoms with Gasteiger partial charge in [-0.15, -0.1) is 0 Å². The van der Waals surface area contributed by atoms with E-state index >= 15 is 0 Å². The molecule has 2 aliphatic rings. The van der Waals surface area contributed by atoms with Crippen LogP contribution in [0.15, 0.2) is 57.5 Å². The minimum atomic E-state index is -3.37. The third kappa shape index (κ3) is 4.08. The quantitative estimate of drug-likeness (QED) is 0.288. The standard InChI is InChI=1S/C22H17N3O7S/c1-13-18(10-17-5-6-20(32-17)14-3-2-4-15(9-14)25(28)29)21(26)24(22(27)19(13)11-23)16-7-8-33(30,31)12-16/h2-6,9-10,16H,7-8,12H2,1H3/b18-10-. The Morgan fingerprint density at radius 2 is 2.00 bits per heavy atom. The van der Waals surface area contributed by atoms with Crippen molar-refractivity contribution in [2.75, 3.05) is 11.5 Å². The Bertz CT molecular complexity index is 1410. The van der Waals surface area contributed by atoms with Crippen molar-refractivity contribution in [2.24, 2.45) is 0 Å². The first kappa shape index (κ1) is 22.2. The van der Waals surface area contributed by atoms with E-state index in [1.807, 2.05) is 6.07 Å². The lowest BCUT2D eigenvalue weighted by atomic mass is 9.93. The highest BCUT2D eigenvalue weighted by Gasteiger charge is 2.43. The van der Waals surface area contributed by atoms with Gasteiger partial charge in [0.1, 0.15) is 23.2 Å². The van der Waals surface area contributed by atoms with Gasteiger partial charge in [-0.1, -0.05) is 12.1 Å². The number of sulfone groups is 1. The molecule has 2 aliphatic heterocycles. The molecule has 4 rings (SSSR count). The fraction of sp³-hybridized carbons (Fsp3) is 0.227. The average Bonchev–Trinajstić information content (AvgIpc) is 3.38. The first-order valence-electron chi connectivity index (χ1n) is 9.87. The van der Waals surface area contributed by atoms with Crippen LogP contribution in [0.5, 0.6) is 0 Å². The van der Waals surface area contributed by atoms with Gasteiger partial charge >= 0.3 is 0 Å². The maximum atomic E-state index is 13.2. The molecule has 0 N–H and O–H groups in total. The number of furan rings is 1. The molecule has 0 saturated carbocycles. The lowest BCUT2D eigenvalue weighted by molar-refractivity contribution is -0.384. The third-order valence-corrected chi connectivity index (χ3v) is 7.35. The minimum Gasteiger partial charge on any atom is -0.457 e. The van der Waals surface area contributed by atoms with E-state index < -0.39 is 32.6 Å². The third-order valence-electron chi connectivity index (χ3n) is 5.60. The van der Waals surface area contributed by atoms with Crippen molar-refractivity contribution in [3.05, 3.63) is 69.0 Å². The Hall–Kier alpha value is -4.04. The number of hydrogen-bond donors (Lipinski definition) is 0. The summed E-state index contributed by atoms with van der Waals surface area (Å²) in [6.07, 6.45) is 1.49. The Kier molecular flexibility index (Phi) is 5.47. The summed E-state index contributed by atoms with van der Waals surface area (Å²) >= 11 is 0. The van der Waals surface area contributed by atoms with Crippen molar-refractivity contribution in [2.45, 2.75) is 19.4 Å². The van der Waals surface area contributed by atoms with Crippen LogP contribution in [0.2, 0.25) is 0 Å². The van der Waals surface area contributed by atoms with Crippen molar-refractivity contribution >= 4 is 33.4 Å². The lowest BCUT2D eigenvalue weighted by Gasteiger charge is -2.31. The number of hydrogen-bond acceptors (Lipinski definition) is 8. The minimum absolute atomic E-state index is 0.0374. The van der Waals surface area contributed by atoms with Gasteiger partial charge in [-0.05, 0) is 37.1 Å². The first-order chi connectivity index (χ1) is 15.6. The molecule has 2 aromatic rings. The second-order valence-electron chi connectivity index (χ2n) is 7.72. The van der Waals surface area contributed by atoms with Gasteiger partial charge in [-0.2, -0.15) is 5.26 Å². The zero-order chi connectivity index (χ0) is 23.9. The van der Waals surface area contributed by atoms with Crippen LogP contribution in [-0.2, 0) is 19.4 Å². The van der Waals surface area contributed by atoms with Gasteiger partial charge in [0.25, 0.3) is 17.5 Å². The molecule has 1 aromatic heterocycles. The number of nitrogens with zero attached hydrogens (tertiary/aromatic N) is 3. The molecular weight excluding hydrogens is 450 g/mol. The number of nitro benzene ring substituents is 1. The Morgan fingerprint density at radius 1 is 1.24 bits per heavy atom. The van der Waals surface area contributed by atoms with Crippen molar-refractivity contribution in [3.8, 4) is 17.4 Å². The molecule has 0 spiro atoms. The fourth-order valence-electron chi connectivity index (χ4n) is 3.91. The number of amides is 2. The second kappa shape index (κ2) is 8.14. The number of carbonyl (C=O) groups excluding carboxylic acids is 2. The molecule has 1 atom stereocenters. The van der Waals surface area contributed by atoms with E-state index in [9.17, 15) is 33.4 Å². The molecular formula is C22H17N3O7S. The highest BCUT2D eigenvalue weighted by atomic mass is 32.2. The van der Waals surface area contributed by atoms with E-state index in [0.29, 0.717) is 11.3 Å². The van der Waals surface area contributed by atoms with Crippen LogP contribution >= 0.6 is 0 Å². The summed E-state index contributed by atoms with van der Waals surface area (Å²) in [5.74, 6) is -1.44. The molecule has 1 aromatic carbocycles. The first-order valence-corrected chi connectivity index (χ1v) is 11.7. The smallest absolute Gasteiger partial charge is 0.271 e. The molecule has 33 heavy (non-hydrogen) atoms. The van der Waals surface area contributed by atoms with E-state index in [-0.39, 0.29) is 46.1 Å². The van der Waals surface area contributed by atoms with Gasteiger partial charge in [-0.25, -0.2) is 8.42 Å². The highest BCUT2D eigenvalue weighted by Crippen LogP contribution is 2.32. The number of carbonyl (C=O) groups is 2. The molecule has 2 amide bonds. The molecule has 3 heterocycles. The van der Waals surface area contributed by atoms with Crippen molar-refractivity contribution in [1.29, 1.82) is 5.26 Å². The lowest BCUT2D eigenvalue weighted by Crippen LogP contribution is -2.49. The highest BCUT2D eigenvalue weighted by molar-refractivity contribution is 7.91. The van der Waals surface area contributed by atoms with Crippen LogP contribution in [-0.4, -0.2) is 47.6 Å². The molecule has 0 radical (unpaired) electrons. The molecule has 10 nitrogen and oxygen atoms in total. The fourth-order valence-corrected chi connectivity index (χ4v) is 5.61. The SMILES string of the molecule is CC1=C(C#N)C(=O)N(C2CCS(=O)(=O)C2)C(=O)/C1=C\c1ccc(-c2cccc([N+](=O)[O-])c2)o1. The molecule has 1 fully saturated rings. The number of non-ortho nitro benzene ring substituents is 1. The van der Waals surface area contributed by atoms with Gasteiger partial charge in [0.2, 0.25) is 0 Å². The van der Waals surface area contributed by atoms with Gasteiger partial charge in [-0.3, -0.25) is 24.6 Å². The van der Waals surface area contributed by atoms with Gasteiger partial charge in [0.15, 0.2) is 9.84 Å². The zero-order valence-electron chi connectivity index (χ0n) is 17.3. The number of imide groups is 1. The summed E-state index contributed by atoms with van der Waals surface area (Å²) in [5, 5.41) is 20.5. The normalized spacial score (nSPS) is 21.5. The number of nitriles is 1. The summed E-state index contributed by atoms with van der Waals surface area (Å²) in [7, 11) is -3.37. The maximum absolute atomic E-state index is 13.2. The van der Waals surface area contributed by atoms with Gasteiger partial charge in [0.05, 0.1) is 22.5 Å². The molecule has 0 aliphatic carbocycles. The maximum Gasteiger partial charge on any atom is 0.271 e. The Morgan fingerprint density at radius 3 is 2.64 bits per heavy atom. The van der Waals surface area contributed by atoms with Crippen LogP contribution in [0.1, 0.15) is 19.1 Å². The average molecular weight is 467 g/mol. The molecule has 168 valence electrons. The van der Waals surface area contributed by atoms with Crippen LogP contribution < -0.4 is 0 Å². The van der Waals surface area contributed by atoms with E-state index in [1.165, 1.54) is 31.2 Å². The summed E-state index contributed by atoms with van der Waals surface area (Å²) in [5.41, 5.74) is 0.315. The van der Waals surface area contributed by atoms with Crippen molar-refractivity contribution in [3.63, 3.8) is 0 Å². The molecule has 11 heteroatoms. The number of rotatable bonds is 4. The van der Waals surface area contributed by atoms with Crippen LogP contribution in [0.25, 0.3) is 17.4 Å². The number of nitro groups is 1. The van der Waals surface area contributed by atoms with E-state index in [0.717, 1.165) is 4.90 Å². The van der Waals surface area contributed by atoms with Crippen LogP contribution in [0.4, 0.5) is 5.69 Å².